The van der Waals surface area contributed by atoms with Crippen LogP contribution < -0.4 is 0 Å². The molecule has 4 rings (SSSR count). The van der Waals surface area contributed by atoms with Crippen molar-refractivity contribution < 1.29 is 4.52 Å². The predicted octanol–water partition coefficient (Wildman–Crippen LogP) is 3.50. The fraction of sp³-hybridized carbons (Fsp3) is 0.550. The number of piperazine rings is 1. The maximum absolute atomic E-state index is 6.45. The van der Waals surface area contributed by atoms with Crippen molar-refractivity contribution >= 4 is 22.9 Å². The Morgan fingerprint density at radius 1 is 1.21 bits per heavy atom. The number of aromatic nitrogens is 4. The lowest BCUT2D eigenvalue weighted by atomic mass is 10.2. The Labute approximate surface area is 180 Å². The number of hydrogen-bond acceptors (Lipinski definition) is 7. The van der Waals surface area contributed by atoms with Crippen LogP contribution in [0.5, 0.6) is 0 Å². The van der Waals surface area contributed by atoms with E-state index in [1.54, 1.807) is 16.0 Å². The molecule has 9 heteroatoms. The van der Waals surface area contributed by atoms with E-state index >= 15 is 0 Å². The molecule has 29 heavy (non-hydrogen) atoms. The van der Waals surface area contributed by atoms with Crippen molar-refractivity contribution in [1.82, 2.24) is 29.7 Å². The minimum atomic E-state index is 0.698. The van der Waals surface area contributed by atoms with Crippen molar-refractivity contribution in [3.8, 4) is 10.7 Å². The monoisotopic (exact) mass is 434 g/mol. The molecule has 1 aliphatic heterocycles. The van der Waals surface area contributed by atoms with E-state index in [0.717, 1.165) is 80.1 Å². The van der Waals surface area contributed by atoms with Gasteiger partial charge in [-0.25, -0.2) is 0 Å². The van der Waals surface area contributed by atoms with Crippen LogP contribution in [0.1, 0.15) is 30.5 Å². The van der Waals surface area contributed by atoms with Gasteiger partial charge in [0.15, 0.2) is 0 Å². The molecule has 0 aromatic carbocycles. The zero-order chi connectivity index (χ0) is 20.2. The summed E-state index contributed by atoms with van der Waals surface area (Å²) in [6.45, 7) is 8.32. The smallest absolute Gasteiger partial charge is 0.227 e. The minimum Gasteiger partial charge on any atom is -0.339 e. The summed E-state index contributed by atoms with van der Waals surface area (Å²) in [6.07, 6.45) is 2.77. The lowest BCUT2D eigenvalue weighted by Gasteiger charge is -2.34. The van der Waals surface area contributed by atoms with Gasteiger partial charge in [0.2, 0.25) is 11.7 Å². The molecule has 1 fully saturated rings. The van der Waals surface area contributed by atoms with Crippen LogP contribution in [0.2, 0.25) is 5.15 Å². The second kappa shape index (κ2) is 9.38. The van der Waals surface area contributed by atoms with Gasteiger partial charge in [0, 0.05) is 51.8 Å². The second-order valence-electron chi connectivity index (χ2n) is 7.40. The van der Waals surface area contributed by atoms with Crippen molar-refractivity contribution in [2.24, 2.45) is 7.05 Å². The molecular weight excluding hydrogens is 408 g/mol. The Balaban J connectivity index is 1.21. The highest BCUT2D eigenvalue weighted by Gasteiger charge is 2.21. The van der Waals surface area contributed by atoms with Gasteiger partial charge < -0.3 is 9.42 Å². The summed E-state index contributed by atoms with van der Waals surface area (Å²) in [7, 11) is 1.91. The van der Waals surface area contributed by atoms with Crippen molar-refractivity contribution in [2.45, 2.75) is 32.7 Å². The van der Waals surface area contributed by atoms with Gasteiger partial charge >= 0.3 is 0 Å². The van der Waals surface area contributed by atoms with Gasteiger partial charge in [0.05, 0.1) is 10.6 Å². The topological polar surface area (TPSA) is 63.2 Å². The molecule has 156 valence electrons. The predicted molar refractivity (Wildman–Crippen MR) is 115 cm³/mol. The number of halogens is 1. The van der Waals surface area contributed by atoms with E-state index in [4.69, 9.17) is 16.1 Å². The second-order valence-corrected chi connectivity index (χ2v) is 8.71. The van der Waals surface area contributed by atoms with Crippen LogP contribution in [0, 0.1) is 0 Å². The lowest BCUT2D eigenvalue weighted by molar-refractivity contribution is 0.125. The van der Waals surface area contributed by atoms with E-state index in [-0.39, 0.29) is 0 Å². The van der Waals surface area contributed by atoms with Gasteiger partial charge in [-0.3, -0.25) is 9.58 Å². The van der Waals surface area contributed by atoms with Crippen LogP contribution >= 0.6 is 22.9 Å². The Morgan fingerprint density at radius 2 is 2.00 bits per heavy atom. The largest absolute Gasteiger partial charge is 0.339 e. The molecule has 0 N–H and O–H groups in total. The third-order valence-corrected chi connectivity index (χ3v) is 6.75. The molecule has 0 bridgehead atoms. The molecule has 1 saturated heterocycles. The van der Waals surface area contributed by atoms with Gasteiger partial charge in [-0.2, -0.15) is 10.1 Å². The zero-order valence-corrected chi connectivity index (χ0v) is 18.5. The molecule has 1 aliphatic rings. The summed E-state index contributed by atoms with van der Waals surface area (Å²) >= 11 is 8.08. The van der Waals surface area contributed by atoms with Crippen molar-refractivity contribution in [2.75, 3.05) is 32.7 Å². The molecule has 0 atom stereocenters. The van der Waals surface area contributed by atoms with Crippen LogP contribution in [0.3, 0.4) is 0 Å². The summed E-state index contributed by atoms with van der Waals surface area (Å²) in [5.41, 5.74) is 2.30. The van der Waals surface area contributed by atoms with Crippen molar-refractivity contribution in [1.29, 1.82) is 0 Å². The summed E-state index contributed by atoms with van der Waals surface area (Å²) < 4.78 is 7.18. The summed E-state index contributed by atoms with van der Waals surface area (Å²) in [5, 5.41) is 11.4. The number of rotatable bonds is 8. The normalized spacial score (nSPS) is 16.0. The quantitative estimate of drug-likeness (QED) is 0.540. The SMILES string of the molecule is CCc1nn(C)c(Cl)c1CN1CCN(CCCc2nc(-c3cccs3)no2)CC1. The fourth-order valence-corrected chi connectivity index (χ4v) is 4.61. The Hall–Kier alpha value is -1.74. The van der Waals surface area contributed by atoms with Crippen LogP contribution in [-0.2, 0) is 26.4 Å². The molecule has 3 aromatic heterocycles. The first kappa shape index (κ1) is 20.5. The van der Waals surface area contributed by atoms with Crippen molar-refractivity contribution in [3.05, 3.63) is 39.8 Å². The van der Waals surface area contributed by atoms with Crippen LogP contribution in [0.15, 0.2) is 22.0 Å². The van der Waals surface area contributed by atoms with Gasteiger partial charge in [0.1, 0.15) is 5.15 Å². The maximum atomic E-state index is 6.45. The minimum absolute atomic E-state index is 0.698. The molecule has 0 spiro atoms. The third-order valence-electron chi connectivity index (χ3n) is 5.41. The van der Waals surface area contributed by atoms with E-state index in [1.165, 1.54) is 5.56 Å². The average molecular weight is 435 g/mol. The molecular formula is C20H27ClN6OS. The lowest BCUT2D eigenvalue weighted by Crippen LogP contribution is -2.46. The number of thiophene rings is 1. The first-order valence-electron chi connectivity index (χ1n) is 10.2. The third kappa shape index (κ3) is 4.88. The van der Waals surface area contributed by atoms with Gasteiger partial charge in [0.25, 0.3) is 0 Å². The average Bonchev–Trinajstić information content (AvgIpc) is 3.47. The molecule has 4 heterocycles. The Morgan fingerprint density at radius 3 is 2.72 bits per heavy atom. The molecule has 0 amide bonds. The highest BCUT2D eigenvalue weighted by molar-refractivity contribution is 7.13. The molecule has 0 unspecified atom stereocenters. The van der Waals surface area contributed by atoms with E-state index < -0.39 is 0 Å². The van der Waals surface area contributed by atoms with Gasteiger partial charge in [-0.1, -0.05) is 29.7 Å². The van der Waals surface area contributed by atoms with Gasteiger partial charge in [-0.05, 0) is 30.8 Å². The maximum Gasteiger partial charge on any atom is 0.227 e. The fourth-order valence-electron chi connectivity index (χ4n) is 3.75. The van der Waals surface area contributed by atoms with Crippen molar-refractivity contribution in [3.63, 3.8) is 0 Å². The van der Waals surface area contributed by atoms with Crippen LogP contribution in [0.25, 0.3) is 10.7 Å². The first-order valence-corrected chi connectivity index (χ1v) is 11.4. The Bertz CT molecular complexity index is 914. The molecule has 3 aromatic rings. The summed E-state index contributed by atoms with van der Waals surface area (Å²) in [6, 6.07) is 4.02. The number of aryl methyl sites for hydroxylation is 3. The van der Waals surface area contributed by atoms with Gasteiger partial charge in [-0.15, -0.1) is 11.3 Å². The molecule has 7 nitrogen and oxygen atoms in total. The Kier molecular flexibility index (Phi) is 6.64. The summed E-state index contributed by atoms with van der Waals surface area (Å²) in [5.74, 6) is 1.43. The molecule has 0 radical (unpaired) electrons. The van der Waals surface area contributed by atoms with E-state index in [9.17, 15) is 0 Å². The highest BCUT2D eigenvalue weighted by atomic mass is 35.5. The zero-order valence-electron chi connectivity index (χ0n) is 17.0. The number of hydrogen-bond donors (Lipinski definition) is 0. The van der Waals surface area contributed by atoms with Crippen LogP contribution in [-0.4, -0.2) is 62.4 Å². The standard InChI is InChI=1S/C20H27ClN6OS/c1-3-16-15(19(21)25(2)23-16)14-27-11-9-26(10-12-27)8-4-7-18-22-20(24-28-18)17-6-5-13-29-17/h5-6,13H,3-4,7-12,14H2,1-2H3. The van der Waals surface area contributed by atoms with Crippen LogP contribution in [0.4, 0.5) is 0 Å². The van der Waals surface area contributed by atoms with E-state index in [2.05, 4.69) is 32.0 Å². The highest BCUT2D eigenvalue weighted by Crippen LogP contribution is 2.23. The number of nitrogens with zero attached hydrogens (tertiary/aromatic N) is 6. The van der Waals surface area contributed by atoms with E-state index in [0.29, 0.717) is 5.82 Å². The molecule has 0 saturated carbocycles. The molecule has 0 aliphatic carbocycles. The first-order chi connectivity index (χ1) is 14.1. The summed E-state index contributed by atoms with van der Waals surface area (Å²) in [4.78, 5) is 10.5. The van der Waals surface area contributed by atoms with E-state index in [1.807, 2.05) is 24.6 Å².